The van der Waals surface area contributed by atoms with Gasteiger partial charge in [0, 0.05) is 5.56 Å². The summed E-state index contributed by atoms with van der Waals surface area (Å²) in [5.41, 5.74) is 3.55. The Hall–Kier alpha value is -3.78. The standard InChI is InChI=1S/C27H26N2O5S/c1-14(2)17-10-12-18(13-11-17)21-20(22(30)19-8-6-15(3)7-9-19)23(31)25(32)29(21)27-28-16(4)24(35-27)26(33)34-5/h6-14,21,30H,1-5H3/t21-/m0/s1. The smallest absolute Gasteiger partial charge is 0.350 e. The van der Waals surface area contributed by atoms with E-state index in [-0.39, 0.29) is 21.3 Å². The SMILES string of the molecule is COC(=O)c1sc(N2C(=O)C(=O)C(=C(O)c3ccc(C)cc3)[C@@H]2c2ccc(C(C)C)cc2)nc1C. The van der Waals surface area contributed by atoms with E-state index in [9.17, 15) is 19.5 Å². The zero-order chi connectivity index (χ0) is 25.4. The third kappa shape index (κ3) is 4.37. The number of carbonyl (C=O) groups excluding carboxylic acids is 3. The number of hydrogen-bond donors (Lipinski definition) is 1. The van der Waals surface area contributed by atoms with Crippen molar-refractivity contribution in [2.45, 2.75) is 39.7 Å². The zero-order valence-electron chi connectivity index (χ0n) is 20.2. The number of ether oxygens (including phenoxy) is 1. The Morgan fingerprint density at radius 1 is 1.06 bits per heavy atom. The van der Waals surface area contributed by atoms with Crippen LogP contribution in [0.5, 0.6) is 0 Å². The molecule has 0 radical (unpaired) electrons. The normalized spacial score (nSPS) is 17.3. The molecule has 0 spiro atoms. The average Bonchev–Trinajstić information content (AvgIpc) is 3.35. The van der Waals surface area contributed by atoms with Crippen LogP contribution < -0.4 is 4.90 Å². The molecule has 1 amide bonds. The van der Waals surface area contributed by atoms with Crippen LogP contribution >= 0.6 is 11.3 Å². The predicted molar refractivity (Wildman–Crippen MR) is 135 cm³/mol. The van der Waals surface area contributed by atoms with E-state index in [1.54, 1.807) is 19.1 Å². The second-order valence-electron chi connectivity index (χ2n) is 8.76. The van der Waals surface area contributed by atoms with Gasteiger partial charge >= 0.3 is 11.9 Å². The molecule has 0 bridgehead atoms. The number of methoxy groups -OCH3 is 1. The highest BCUT2D eigenvalue weighted by Gasteiger charge is 2.48. The first kappa shape index (κ1) is 24.3. The number of thiazole rings is 1. The fourth-order valence-electron chi connectivity index (χ4n) is 4.04. The molecule has 1 atom stereocenters. The number of hydrogen-bond acceptors (Lipinski definition) is 7. The molecule has 1 fully saturated rings. The highest BCUT2D eigenvalue weighted by molar-refractivity contribution is 7.17. The first-order valence-corrected chi connectivity index (χ1v) is 12.0. The first-order chi connectivity index (χ1) is 16.6. The molecule has 1 aliphatic rings. The highest BCUT2D eigenvalue weighted by atomic mass is 32.1. The Morgan fingerprint density at radius 2 is 1.69 bits per heavy atom. The molecule has 0 unspecified atom stereocenters. The molecule has 2 aromatic carbocycles. The third-order valence-corrected chi connectivity index (χ3v) is 7.19. The molecule has 1 N–H and O–H groups in total. The quantitative estimate of drug-likeness (QED) is 0.226. The number of esters is 1. The molecule has 2 heterocycles. The highest BCUT2D eigenvalue weighted by Crippen LogP contribution is 2.44. The minimum absolute atomic E-state index is 0.0244. The number of aryl methyl sites for hydroxylation is 2. The molecule has 1 aromatic heterocycles. The number of ketones is 1. The monoisotopic (exact) mass is 490 g/mol. The molecule has 0 aliphatic carbocycles. The maximum absolute atomic E-state index is 13.3. The van der Waals surface area contributed by atoms with Crippen molar-refractivity contribution in [1.29, 1.82) is 0 Å². The van der Waals surface area contributed by atoms with Crippen molar-refractivity contribution in [2.24, 2.45) is 0 Å². The van der Waals surface area contributed by atoms with E-state index in [4.69, 9.17) is 4.74 Å². The van der Waals surface area contributed by atoms with Crippen molar-refractivity contribution in [3.63, 3.8) is 0 Å². The van der Waals surface area contributed by atoms with Crippen LogP contribution in [0, 0.1) is 13.8 Å². The van der Waals surface area contributed by atoms with Crippen LogP contribution in [0.3, 0.4) is 0 Å². The van der Waals surface area contributed by atoms with Crippen LogP contribution in [0.4, 0.5) is 5.13 Å². The van der Waals surface area contributed by atoms with Crippen molar-refractivity contribution >= 4 is 39.9 Å². The molecule has 7 nitrogen and oxygen atoms in total. The Bertz CT molecular complexity index is 1340. The van der Waals surface area contributed by atoms with Crippen LogP contribution in [0.1, 0.15) is 63.4 Å². The van der Waals surface area contributed by atoms with Crippen LogP contribution in [0.25, 0.3) is 5.76 Å². The Kier molecular flexibility index (Phi) is 6.58. The minimum atomic E-state index is -0.909. The molecule has 3 aromatic rings. The van der Waals surface area contributed by atoms with Gasteiger partial charge in [0.2, 0.25) is 0 Å². The van der Waals surface area contributed by atoms with Gasteiger partial charge in [0.15, 0.2) is 5.13 Å². The number of carbonyl (C=O) groups is 3. The van der Waals surface area contributed by atoms with Gasteiger partial charge < -0.3 is 9.84 Å². The topological polar surface area (TPSA) is 96.8 Å². The number of aromatic nitrogens is 1. The van der Waals surface area contributed by atoms with E-state index in [1.807, 2.05) is 43.3 Å². The Labute approximate surface area is 207 Å². The molecule has 4 rings (SSSR count). The third-order valence-electron chi connectivity index (χ3n) is 6.05. The van der Waals surface area contributed by atoms with E-state index in [0.717, 1.165) is 22.5 Å². The summed E-state index contributed by atoms with van der Waals surface area (Å²) in [6.45, 7) is 7.71. The van der Waals surface area contributed by atoms with E-state index < -0.39 is 23.7 Å². The van der Waals surface area contributed by atoms with Gasteiger partial charge in [-0.3, -0.25) is 14.5 Å². The molecular formula is C27H26N2O5S. The number of aliphatic hydroxyl groups excluding tert-OH is 1. The fourth-order valence-corrected chi connectivity index (χ4v) is 5.05. The van der Waals surface area contributed by atoms with Crippen LogP contribution in [0.15, 0.2) is 54.1 Å². The number of rotatable bonds is 5. The van der Waals surface area contributed by atoms with Crippen LogP contribution in [-0.2, 0) is 14.3 Å². The number of benzene rings is 2. The van der Waals surface area contributed by atoms with Gasteiger partial charge in [-0.15, -0.1) is 0 Å². The lowest BCUT2D eigenvalue weighted by atomic mass is 9.93. The Morgan fingerprint density at radius 3 is 2.26 bits per heavy atom. The van der Waals surface area contributed by atoms with Gasteiger partial charge in [0.05, 0.1) is 24.4 Å². The molecule has 1 saturated heterocycles. The second kappa shape index (κ2) is 9.46. The number of anilines is 1. The fraction of sp³-hybridized carbons (Fsp3) is 0.259. The van der Waals surface area contributed by atoms with Gasteiger partial charge in [-0.1, -0.05) is 79.3 Å². The summed E-state index contributed by atoms with van der Waals surface area (Å²) < 4.78 is 4.83. The van der Waals surface area contributed by atoms with Crippen molar-refractivity contribution in [1.82, 2.24) is 4.98 Å². The van der Waals surface area contributed by atoms with Crippen molar-refractivity contribution in [3.05, 3.63) is 86.9 Å². The predicted octanol–water partition coefficient (Wildman–Crippen LogP) is 5.30. The van der Waals surface area contributed by atoms with Gasteiger partial charge in [-0.25, -0.2) is 9.78 Å². The number of Topliss-reactive ketones (excluding diaryl/α,β-unsaturated/α-hetero) is 1. The maximum atomic E-state index is 13.3. The summed E-state index contributed by atoms with van der Waals surface area (Å²) in [4.78, 5) is 44.7. The summed E-state index contributed by atoms with van der Waals surface area (Å²) in [7, 11) is 1.27. The summed E-state index contributed by atoms with van der Waals surface area (Å²) >= 11 is 0.976. The lowest BCUT2D eigenvalue weighted by Gasteiger charge is -2.23. The van der Waals surface area contributed by atoms with Crippen molar-refractivity contribution in [2.75, 3.05) is 12.0 Å². The summed E-state index contributed by atoms with van der Waals surface area (Å²) in [5, 5.41) is 11.4. The lowest BCUT2D eigenvalue weighted by molar-refractivity contribution is -0.132. The number of nitrogens with zero attached hydrogens (tertiary/aromatic N) is 2. The van der Waals surface area contributed by atoms with Crippen molar-refractivity contribution < 1.29 is 24.2 Å². The number of amides is 1. The molecule has 1 aliphatic heterocycles. The molecular weight excluding hydrogens is 464 g/mol. The van der Waals surface area contributed by atoms with Gasteiger partial charge in [-0.2, -0.15) is 0 Å². The van der Waals surface area contributed by atoms with Gasteiger partial charge in [0.1, 0.15) is 10.6 Å². The maximum Gasteiger partial charge on any atom is 0.350 e. The van der Waals surface area contributed by atoms with E-state index in [2.05, 4.69) is 18.8 Å². The Balaban J connectivity index is 1.92. The largest absolute Gasteiger partial charge is 0.507 e. The van der Waals surface area contributed by atoms with Gasteiger partial charge in [0.25, 0.3) is 5.78 Å². The van der Waals surface area contributed by atoms with E-state index >= 15 is 0 Å². The minimum Gasteiger partial charge on any atom is -0.507 e. The molecule has 8 heteroatoms. The van der Waals surface area contributed by atoms with Gasteiger partial charge in [-0.05, 0) is 30.9 Å². The summed E-state index contributed by atoms with van der Waals surface area (Å²) in [5.74, 6) is -2.16. The molecule has 180 valence electrons. The summed E-state index contributed by atoms with van der Waals surface area (Å²) in [6.07, 6.45) is 0. The summed E-state index contributed by atoms with van der Waals surface area (Å²) in [6, 6.07) is 13.7. The van der Waals surface area contributed by atoms with Crippen LogP contribution in [0.2, 0.25) is 0 Å². The van der Waals surface area contributed by atoms with Crippen LogP contribution in [-0.4, -0.2) is 34.9 Å². The van der Waals surface area contributed by atoms with E-state index in [1.165, 1.54) is 12.0 Å². The average molecular weight is 491 g/mol. The molecule has 0 saturated carbocycles. The van der Waals surface area contributed by atoms with E-state index in [0.29, 0.717) is 22.7 Å². The lowest BCUT2D eigenvalue weighted by Crippen LogP contribution is -2.29. The van der Waals surface area contributed by atoms with Crippen molar-refractivity contribution in [3.8, 4) is 0 Å². The first-order valence-electron chi connectivity index (χ1n) is 11.2. The zero-order valence-corrected chi connectivity index (χ0v) is 21.0. The number of aliphatic hydroxyl groups is 1. The molecule has 35 heavy (non-hydrogen) atoms. The second-order valence-corrected chi connectivity index (χ2v) is 9.74.